The van der Waals surface area contributed by atoms with E-state index in [2.05, 4.69) is 5.32 Å². The molecule has 0 aromatic heterocycles. The molecule has 1 aromatic carbocycles. The van der Waals surface area contributed by atoms with E-state index < -0.39 is 0 Å². The van der Waals surface area contributed by atoms with Crippen LogP contribution in [0.2, 0.25) is 10.0 Å². The summed E-state index contributed by atoms with van der Waals surface area (Å²) in [6.07, 6.45) is 2.36. The Hall–Kier alpha value is -0.240. The highest BCUT2D eigenvalue weighted by molar-refractivity contribution is 6.42. The fourth-order valence-corrected chi connectivity index (χ4v) is 1.90. The summed E-state index contributed by atoms with van der Waals surface area (Å²) in [6.45, 7) is 0. The third kappa shape index (κ3) is 1.56. The predicted molar refractivity (Wildman–Crippen MR) is 56.4 cm³/mol. The predicted octanol–water partition coefficient (Wildman–Crippen LogP) is 3.20. The van der Waals surface area contributed by atoms with Gasteiger partial charge in [0.1, 0.15) is 0 Å². The Labute approximate surface area is 88.0 Å². The largest absolute Gasteiger partial charge is 0.310 e. The lowest BCUT2D eigenvalue weighted by Crippen LogP contribution is -2.24. The first-order valence-corrected chi connectivity index (χ1v) is 5.08. The van der Waals surface area contributed by atoms with Crippen molar-refractivity contribution in [1.82, 2.24) is 5.32 Å². The van der Waals surface area contributed by atoms with Gasteiger partial charge in [0.25, 0.3) is 0 Å². The number of halogens is 2. The molecule has 3 heteroatoms. The summed E-state index contributed by atoms with van der Waals surface area (Å²) in [6, 6.07) is 5.85. The number of nitrogens with one attached hydrogen (secondary N) is 1. The van der Waals surface area contributed by atoms with Crippen LogP contribution in [0.25, 0.3) is 0 Å². The molecule has 70 valence electrons. The number of hydrogen-bond acceptors (Lipinski definition) is 1. The molecule has 0 atom stereocenters. The second-order valence-corrected chi connectivity index (χ2v) is 4.28. The van der Waals surface area contributed by atoms with Crippen molar-refractivity contribution >= 4 is 23.2 Å². The van der Waals surface area contributed by atoms with Gasteiger partial charge in [-0.1, -0.05) is 29.3 Å². The third-order valence-electron chi connectivity index (χ3n) is 2.70. The standard InChI is InChI=1S/C10H11Cl2N/c1-13-10(4-5-10)7-2-3-8(11)9(12)6-7/h2-3,6,13H,4-5H2,1H3. The first-order valence-electron chi connectivity index (χ1n) is 4.32. The van der Waals surface area contributed by atoms with Crippen LogP contribution in [0.5, 0.6) is 0 Å². The van der Waals surface area contributed by atoms with Crippen LogP contribution in [0.1, 0.15) is 18.4 Å². The van der Waals surface area contributed by atoms with E-state index in [1.165, 1.54) is 18.4 Å². The maximum absolute atomic E-state index is 5.94. The highest BCUT2D eigenvalue weighted by atomic mass is 35.5. The van der Waals surface area contributed by atoms with E-state index in [9.17, 15) is 0 Å². The van der Waals surface area contributed by atoms with Gasteiger partial charge in [0.2, 0.25) is 0 Å². The van der Waals surface area contributed by atoms with Crippen LogP contribution in [0.15, 0.2) is 18.2 Å². The summed E-state index contributed by atoms with van der Waals surface area (Å²) in [4.78, 5) is 0. The van der Waals surface area contributed by atoms with E-state index in [-0.39, 0.29) is 5.54 Å². The van der Waals surface area contributed by atoms with Gasteiger partial charge in [-0.15, -0.1) is 0 Å². The maximum atomic E-state index is 5.94. The molecule has 0 aliphatic heterocycles. The average molecular weight is 216 g/mol. The zero-order valence-electron chi connectivity index (χ0n) is 7.40. The molecule has 1 aliphatic rings. The summed E-state index contributed by atoms with van der Waals surface area (Å²) in [7, 11) is 1.98. The number of hydrogen-bond donors (Lipinski definition) is 1. The fraction of sp³-hybridized carbons (Fsp3) is 0.400. The molecule has 1 N–H and O–H groups in total. The van der Waals surface area contributed by atoms with E-state index in [1.807, 2.05) is 25.2 Å². The van der Waals surface area contributed by atoms with Crippen LogP contribution >= 0.6 is 23.2 Å². The number of benzene rings is 1. The second-order valence-electron chi connectivity index (χ2n) is 3.46. The molecular weight excluding hydrogens is 205 g/mol. The molecular formula is C10H11Cl2N. The first kappa shape index (κ1) is 9.32. The lowest BCUT2D eigenvalue weighted by Gasteiger charge is -2.14. The van der Waals surface area contributed by atoms with Gasteiger partial charge in [-0.05, 0) is 37.6 Å². The molecule has 1 nitrogen and oxygen atoms in total. The second kappa shape index (κ2) is 3.16. The molecule has 0 amide bonds. The zero-order valence-corrected chi connectivity index (χ0v) is 8.91. The summed E-state index contributed by atoms with van der Waals surface area (Å²) in [5, 5.41) is 4.58. The van der Waals surface area contributed by atoms with Gasteiger partial charge < -0.3 is 5.32 Å². The molecule has 0 spiro atoms. The molecule has 13 heavy (non-hydrogen) atoms. The summed E-state index contributed by atoms with van der Waals surface area (Å²) in [5.74, 6) is 0. The van der Waals surface area contributed by atoms with E-state index >= 15 is 0 Å². The van der Waals surface area contributed by atoms with E-state index in [1.54, 1.807) is 0 Å². The topological polar surface area (TPSA) is 12.0 Å². The van der Waals surface area contributed by atoms with Crippen LogP contribution in [0.3, 0.4) is 0 Å². The molecule has 0 saturated heterocycles. The molecule has 1 saturated carbocycles. The normalized spacial score (nSPS) is 18.7. The smallest absolute Gasteiger partial charge is 0.0595 e. The Balaban J connectivity index is 2.37. The third-order valence-corrected chi connectivity index (χ3v) is 3.44. The molecule has 0 bridgehead atoms. The van der Waals surface area contributed by atoms with Crippen molar-refractivity contribution in [3.05, 3.63) is 33.8 Å². The molecule has 2 rings (SSSR count). The molecule has 1 fully saturated rings. The Kier molecular flexibility index (Phi) is 2.26. The monoisotopic (exact) mass is 215 g/mol. The Morgan fingerprint density at radius 2 is 1.92 bits per heavy atom. The summed E-state index contributed by atoms with van der Waals surface area (Å²) < 4.78 is 0. The van der Waals surface area contributed by atoms with Crippen LogP contribution in [0.4, 0.5) is 0 Å². The van der Waals surface area contributed by atoms with Crippen LogP contribution in [-0.4, -0.2) is 7.05 Å². The van der Waals surface area contributed by atoms with Gasteiger partial charge in [0.05, 0.1) is 10.0 Å². The van der Waals surface area contributed by atoms with Gasteiger partial charge in [-0.25, -0.2) is 0 Å². The zero-order chi connectivity index (χ0) is 9.47. The van der Waals surface area contributed by atoms with Crippen molar-refractivity contribution in [2.75, 3.05) is 7.05 Å². The molecule has 1 aliphatic carbocycles. The van der Waals surface area contributed by atoms with Crippen LogP contribution < -0.4 is 5.32 Å². The Bertz CT molecular complexity index is 332. The SMILES string of the molecule is CNC1(c2ccc(Cl)c(Cl)c2)CC1. The lowest BCUT2D eigenvalue weighted by atomic mass is 10.1. The number of rotatable bonds is 2. The highest BCUT2D eigenvalue weighted by Gasteiger charge is 2.42. The van der Waals surface area contributed by atoms with Crippen molar-refractivity contribution < 1.29 is 0 Å². The highest BCUT2D eigenvalue weighted by Crippen LogP contribution is 2.46. The minimum Gasteiger partial charge on any atom is -0.310 e. The van der Waals surface area contributed by atoms with Gasteiger partial charge >= 0.3 is 0 Å². The quantitative estimate of drug-likeness (QED) is 0.800. The Morgan fingerprint density at radius 1 is 1.23 bits per heavy atom. The van der Waals surface area contributed by atoms with Crippen molar-refractivity contribution in [3.8, 4) is 0 Å². The molecule has 1 aromatic rings. The van der Waals surface area contributed by atoms with Gasteiger partial charge in [0.15, 0.2) is 0 Å². The van der Waals surface area contributed by atoms with E-state index in [0.29, 0.717) is 10.0 Å². The van der Waals surface area contributed by atoms with Gasteiger partial charge in [0, 0.05) is 5.54 Å². The van der Waals surface area contributed by atoms with Gasteiger partial charge in [-0.3, -0.25) is 0 Å². The fourth-order valence-electron chi connectivity index (χ4n) is 1.60. The van der Waals surface area contributed by atoms with Crippen molar-refractivity contribution in [2.45, 2.75) is 18.4 Å². The van der Waals surface area contributed by atoms with E-state index in [0.717, 1.165) is 0 Å². The van der Waals surface area contributed by atoms with Crippen LogP contribution in [0, 0.1) is 0 Å². The van der Waals surface area contributed by atoms with Crippen molar-refractivity contribution in [3.63, 3.8) is 0 Å². The Morgan fingerprint density at radius 3 is 2.38 bits per heavy atom. The van der Waals surface area contributed by atoms with E-state index in [4.69, 9.17) is 23.2 Å². The first-order chi connectivity index (χ1) is 6.18. The molecule has 0 radical (unpaired) electrons. The van der Waals surface area contributed by atoms with Gasteiger partial charge in [-0.2, -0.15) is 0 Å². The summed E-state index contributed by atoms with van der Waals surface area (Å²) in [5.41, 5.74) is 1.42. The van der Waals surface area contributed by atoms with Crippen LogP contribution in [-0.2, 0) is 5.54 Å². The molecule has 0 heterocycles. The molecule has 0 unspecified atom stereocenters. The minimum atomic E-state index is 0.175. The minimum absolute atomic E-state index is 0.175. The summed E-state index contributed by atoms with van der Waals surface area (Å²) >= 11 is 11.8. The maximum Gasteiger partial charge on any atom is 0.0595 e. The van der Waals surface area contributed by atoms with Crippen molar-refractivity contribution in [2.24, 2.45) is 0 Å². The lowest BCUT2D eigenvalue weighted by molar-refractivity contribution is 0.586. The average Bonchev–Trinajstić information content (AvgIpc) is 2.90. The van der Waals surface area contributed by atoms with Crippen molar-refractivity contribution in [1.29, 1.82) is 0 Å².